The highest BCUT2D eigenvalue weighted by molar-refractivity contribution is 7.90. The minimum absolute atomic E-state index is 0.0139. The molecule has 0 saturated carbocycles. The van der Waals surface area contributed by atoms with E-state index in [0.717, 1.165) is 0 Å². The van der Waals surface area contributed by atoms with Crippen molar-refractivity contribution >= 4 is 39.6 Å². The van der Waals surface area contributed by atoms with Crippen LogP contribution in [0.1, 0.15) is 0 Å². The number of sulfonamides is 1. The van der Waals surface area contributed by atoms with Crippen molar-refractivity contribution in [2.75, 3.05) is 14.1 Å². The maximum absolute atomic E-state index is 11.7. The van der Waals surface area contributed by atoms with E-state index in [-0.39, 0.29) is 9.92 Å². The van der Waals surface area contributed by atoms with Gasteiger partial charge < -0.3 is 4.90 Å². The fourth-order valence-corrected chi connectivity index (χ4v) is 2.16. The summed E-state index contributed by atoms with van der Waals surface area (Å²) in [5.41, 5.74) is 0. The molecule has 0 saturated heterocycles. The van der Waals surface area contributed by atoms with Gasteiger partial charge in [-0.3, -0.25) is 0 Å². The van der Waals surface area contributed by atoms with Gasteiger partial charge in [-0.2, -0.15) is 8.42 Å². The smallest absolute Gasteiger partial charge is 0.283 e. The lowest BCUT2D eigenvalue weighted by Gasteiger charge is -2.04. The summed E-state index contributed by atoms with van der Waals surface area (Å²) in [5, 5.41) is 0.486. The molecule has 7 heteroatoms. The van der Waals surface area contributed by atoms with Gasteiger partial charge in [-0.05, 0) is 18.2 Å². The second-order valence-electron chi connectivity index (χ2n) is 3.24. The molecule has 1 aromatic rings. The van der Waals surface area contributed by atoms with Crippen molar-refractivity contribution in [1.29, 1.82) is 0 Å². The first-order chi connectivity index (χ1) is 7.33. The molecule has 0 fully saturated rings. The number of benzene rings is 1. The Morgan fingerprint density at radius 1 is 1.25 bits per heavy atom. The van der Waals surface area contributed by atoms with E-state index in [1.165, 1.54) is 29.4 Å². The van der Waals surface area contributed by atoms with Gasteiger partial charge in [-0.25, -0.2) is 0 Å². The highest BCUT2D eigenvalue weighted by Gasteiger charge is 2.13. The molecule has 0 N–H and O–H groups in total. The lowest BCUT2D eigenvalue weighted by atomic mass is 10.4. The van der Waals surface area contributed by atoms with Crippen molar-refractivity contribution in [3.63, 3.8) is 0 Å². The molecule has 0 radical (unpaired) electrons. The summed E-state index contributed by atoms with van der Waals surface area (Å²) in [6, 6.07) is 4.05. The van der Waals surface area contributed by atoms with E-state index in [4.69, 9.17) is 23.2 Å². The minimum atomic E-state index is -3.71. The first kappa shape index (κ1) is 13.3. The van der Waals surface area contributed by atoms with Crippen molar-refractivity contribution < 1.29 is 8.42 Å². The number of hydrogen-bond acceptors (Lipinski definition) is 2. The summed E-state index contributed by atoms with van der Waals surface area (Å²) in [6.07, 6.45) is 1.21. The van der Waals surface area contributed by atoms with Gasteiger partial charge in [0, 0.05) is 14.1 Å². The third-order valence-electron chi connectivity index (χ3n) is 1.61. The fraction of sp³-hybridized carbons (Fsp3) is 0.222. The largest absolute Gasteiger partial charge is 0.368 e. The summed E-state index contributed by atoms with van der Waals surface area (Å²) in [7, 11) is -0.361. The first-order valence-corrected chi connectivity index (χ1v) is 6.44. The van der Waals surface area contributed by atoms with Crippen LogP contribution in [0.5, 0.6) is 0 Å². The average molecular weight is 281 g/mol. The summed E-state index contributed by atoms with van der Waals surface area (Å²) >= 11 is 11.4. The van der Waals surface area contributed by atoms with Crippen molar-refractivity contribution in [3.8, 4) is 0 Å². The van der Waals surface area contributed by atoms with Crippen molar-refractivity contribution in [2.24, 2.45) is 4.40 Å². The van der Waals surface area contributed by atoms with E-state index in [2.05, 4.69) is 4.40 Å². The predicted octanol–water partition coefficient (Wildman–Crippen LogP) is 2.27. The standard InChI is InChI=1S/C9H10Cl2N2O2S/c1-13(2)6-12-16(14,15)7-3-4-8(10)9(11)5-7/h3-6H,1-2H3/b12-6+. The molecule has 0 aliphatic rings. The van der Waals surface area contributed by atoms with Gasteiger partial charge in [-0.1, -0.05) is 23.2 Å². The third-order valence-corrected chi connectivity index (χ3v) is 3.57. The topological polar surface area (TPSA) is 49.7 Å². The molecule has 4 nitrogen and oxygen atoms in total. The van der Waals surface area contributed by atoms with Crippen LogP contribution in [0.3, 0.4) is 0 Å². The summed E-state index contributed by atoms with van der Waals surface area (Å²) < 4.78 is 26.8. The van der Waals surface area contributed by atoms with Crippen LogP contribution < -0.4 is 0 Å². The van der Waals surface area contributed by atoms with Gasteiger partial charge in [0.2, 0.25) is 0 Å². The van der Waals surface area contributed by atoms with Crippen LogP contribution in [0.2, 0.25) is 10.0 Å². The van der Waals surface area contributed by atoms with E-state index in [0.29, 0.717) is 5.02 Å². The molecule has 16 heavy (non-hydrogen) atoms. The quantitative estimate of drug-likeness (QED) is 0.631. The molecule has 88 valence electrons. The molecule has 0 unspecified atom stereocenters. The zero-order valence-electron chi connectivity index (χ0n) is 8.68. The molecular weight excluding hydrogens is 271 g/mol. The van der Waals surface area contributed by atoms with Crippen LogP contribution >= 0.6 is 23.2 Å². The summed E-state index contributed by atoms with van der Waals surface area (Å²) in [6.45, 7) is 0. The molecule has 0 spiro atoms. The fourth-order valence-electron chi connectivity index (χ4n) is 0.855. The van der Waals surface area contributed by atoms with Gasteiger partial charge in [-0.15, -0.1) is 4.40 Å². The Bertz CT molecular complexity index is 512. The lowest BCUT2D eigenvalue weighted by molar-refractivity contribution is 0.595. The number of nitrogens with zero attached hydrogens (tertiary/aromatic N) is 2. The molecule has 1 rings (SSSR count). The molecular formula is C9H10Cl2N2O2S. The van der Waals surface area contributed by atoms with Crippen molar-refractivity contribution in [2.45, 2.75) is 4.90 Å². The maximum atomic E-state index is 11.7. The predicted molar refractivity (Wildman–Crippen MR) is 65.8 cm³/mol. The third kappa shape index (κ3) is 3.37. The normalized spacial score (nSPS) is 12.0. The Labute approximate surface area is 105 Å². The van der Waals surface area contributed by atoms with E-state index < -0.39 is 10.0 Å². The van der Waals surface area contributed by atoms with Gasteiger partial charge in [0.05, 0.1) is 14.9 Å². The Hall–Kier alpha value is -0.780. The Morgan fingerprint density at radius 3 is 2.38 bits per heavy atom. The van der Waals surface area contributed by atoms with E-state index in [1.807, 2.05) is 0 Å². The number of hydrogen-bond donors (Lipinski definition) is 0. The van der Waals surface area contributed by atoms with E-state index in [9.17, 15) is 8.42 Å². The lowest BCUT2D eigenvalue weighted by Crippen LogP contribution is -2.10. The van der Waals surface area contributed by atoms with Crippen molar-refractivity contribution in [1.82, 2.24) is 4.90 Å². The van der Waals surface area contributed by atoms with Crippen LogP contribution in [-0.4, -0.2) is 33.8 Å². The zero-order chi connectivity index (χ0) is 12.3. The molecule has 0 aliphatic heterocycles. The van der Waals surface area contributed by atoms with Crippen LogP contribution in [0, 0.1) is 0 Å². The molecule has 0 atom stereocenters. The number of halogens is 2. The second-order valence-corrected chi connectivity index (χ2v) is 5.68. The van der Waals surface area contributed by atoms with Crippen LogP contribution in [0.15, 0.2) is 27.5 Å². The Balaban J connectivity index is 3.13. The first-order valence-electron chi connectivity index (χ1n) is 4.25. The second kappa shape index (κ2) is 5.03. The van der Waals surface area contributed by atoms with Crippen molar-refractivity contribution in [3.05, 3.63) is 28.2 Å². The molecule has 0 heterocycles. The molecule has 0 amide bonds. The minimum Gasteiger partial charge on any atom is -0.368 e. The molecule has 0 aliphatic carbocycles. The van der Waals surface area contributed by atoms with Crippen LogP contribution in [0.4, 0.5) is 0 Å². The zero-order valence-corrected chi connectivity index (χ0v) is 11.0. The Kier molecular flexibility index (Phi) is 4.18. The molecule has 1 aromatic carbocycles. The van der Waals surface area contributed by atoms with Crippen LogP contribution in [0.25, 0.3) is 0 Å². The molecule has 0 aromatic heterocycles. The van der Waals surface area contributed by atoms with Crippen LogP contribution in [-0.2, 0) is 10.0 Å². The highest BCUT2D eigenvalue weighted by Crippen LogP contribution is 2.25. The number of rotatable bonds is 3. The Morgan fingerprint density at radius 2 is 1.88 bits per heavy atom. The maximum Gasteiger partial charge on any atom is 0.283 e. The summed E-state index contributed by atoms with van der Waals surface area (Å²) in [5.74, 6) is 0. The van der Waals surface area contributed by atoms with Gasteiger partial charge in [0.1, 0.15) is 6.34 Å². The molecule has 0 bridgehead atoms. The van der Waals surface area contributed by atoms with Gasteiger partial charge >= 0.3 is 0 Å². The SMILES string of the molecule is CN(C)/C=N/S(=O)(=O)c1ccc(Cl)c(Cl)c1. The summed E-state index contributed by atoms with van der Waals surface area (Å²) in [4.78, 5) is 1.54. The van der Waals surface area contributed by atoms with Gasteiger partial charge in [0.25, 0.3) is 10.0 Å². The monoisotopic (exact) mass is 280 g/mol. The van der Waals surface area contributed by atoms with E-state index >= 15 is 0 Å². The average Bonchev–Trinajstić information content (AvgIpc) is 2.19. The van der Waals surface area contributed by atoms with Gasteiger partial charge in [0.15, 0.2) is 0 Å². The van der Waals surface area contributed by atoms with E-state index in [1.54, 1.807) is 14.1 Å². The highest BCUT2D eigenvalue weighted by atomic mass is 35.5.